The molecule has 28 heavy (non-hydrogen) atoms. The normalized spacial score (nSPS) is 15.4. The van der Waals surface area contributed by atoms with E-state index in [1.54, 1.807) is 6.92 Å². The fraction of sp³-hybridized carbons (Fsp3) is 0.231. The van der Waals surface area contributed by atoms with E-state index < -0.39 is 0 Å². The van der Waals surface area contributed by atoms with Gasteiger partial charge in [-0.3, -0.25) is 4.79 Å². The maximum Gasteiger partial charge on any atom is 0.160 e. The van der Waals surface area contributed by atoms with Crippen molar-refractivity contribution in [3.05, 3.63) is 101 Å². The lowest BCUT2D eigenvalue weighted by Gasteiger charge is -2.07. The Labute approximate surface area is 169 Å². The predicted octanol–water partition coefficient (Wildman–Crippen LogP) is 6.61. The molecule has 2 nitrogen and oxygen atoms in total. The van der Waals surface area contributed by atoms with Gasteiger partial charge >= 0.3 is 0 Å². The lowest BCUT2D eigenvalue weighted by atomic mass is 9.97. The molecule has 1 aliphatic carbocycles. The molecular formula is C26H30O2. The van der Waals surface area contributed by atoms with Crippen molar-refractivity contribution in [1.82, 2.24) is 0 Å². The van der Waals surface area contributed by atoms with Gasteiger partial charge in [-0.05, 0) is 62.8 Å². The first-order chi connectivity index (χ1) is 13.5. The summed E-state index contributed by atoms with van der Waals surface area (Å²) in [5, 5.41) is 0. The molecule has 0 saturated carbocycles. The Morgan fingerprint density at radius 3 is 2.07 bits per heavy atom. The molecule has 0 aromatic heterocycles. The van der Waals surface area contributed by atoms with Crippen LogP contribution in [0.1, 0.15) is 52.4 Å². The third kappa shape index (κ3) is 7.32. The molecule has 0 radical (unpaired) electrons. The van der Waals surface area contributed by atoms with Crippen molar-refractivity contribution in [3.8, 4) is 0 Å². The van der Waals surface area contributed by atoms with Crippen LogP contribution >= 0.6 is 0 Å². The van der Waals surface area contributed by atoms with E-state index >= 15 is 0 Å². The fourth-order valence-electron chi connectivity index (χ4n) is 3.32. The average molecular weight is 375 g/mol. The molecule has 0 atom stereocenters. The van der Waals surface area contributed by atoms with Crippen molar-refractivity contribution in [1.29, 1.82) is 0 Å². The Balaban J connectivity index is 0.000000260. The van der Waals surface area contributed by atoms with Crippen LogP contribution in [0.15, 0.2) is 72.8 Å². The lowest BCUT2D eigenvalue weighted by Crippen LogP contribution is -2.00. The first-order valence-corrected chi connectivity index (χ1v) is 9.43. The Bertz CT molecular complexity index is 832. The van der Waals surface area contributed by atoms with Crippen LogP contribution in [0.2, 0.25) is 0 Å². The first-order valence-electron chi connectivity index (χ1n) is 9.43. The van der Waals surface area contributed by atoms with E-state index in [1.165, 1.54) is 16.7 Å². The molecule has 0 spiro atoms. The lowest BCUT2D eigenvalue weighted by molar-refractivity contribution is -0.0980. The van der Waals surface area contributed by atoms with Crippen LogP contribution < -0.4 is 0 Å². The van der Waals surface area contributed by atoms with Gasteiger partial charge in [0.15, 0.2) is 5.78 Å². The summed E-state index contributed by atoms with van der Waals surface area (Å²) in [7, 11) is 0. The van der Waals surface area contributed by atoms with Gasteiger partial charge in [0.25, 0.3) is 0 Å². The number of rotatable bonds is 2. The highest BCUT2D eigenvalue weighted by atomic mass is 16.1. The molecule has 0 heterocycles. The fourth-order valence-corrected chi connectivity index (χ4v) is 3.32. The van der Waals surface area contributed by atoms with Crippen LogP contribution in [-0.4, -0.2) is 12.6 Å². The molecule has 2 aromatic carbocycles. The number of ketones is 1. The summed E-state index contributed by atoms with van der Waals surface area (Å²) in [5.74, 6) is 0.157. The van der Waals surface area contributed by atoms with Crippen molar-refractivity contribution >= 4 is 18.1 Å². The molecule has 146 valence electrons. The van der Waals surface area contributed by atoms with Crippen LogP contribution in [0, 0.1) is 20.8 Å². The summed E-state index contributed by atoms with van der Waals surface area (Å²) in [6.07, 6.45) is 13.1. The third-order valence-electron chi connectivity index (χ3n) is 4.38. The Hall–Kier alpha value is -3.00. The van der Waals surface area contributed by atoms with Gasteiger partial charge in [-0.15, -0.1) is 0 Å². The van der Waals surface area contributed by atoms with Crippen molar-refractivity contribution in [3.63, 3.8) is 0 Å². The van der Waals surface area contributed by atoms with Crippen molar-refractivity contribution in [2.75, 3.05) is 0 Å². The zero-order valence-electron chi connectivity index (χ0n) is 17.4. The zero-order valence-corrected chi connectivity index (χ0v) is 17.4. The monoisotopic (exact) mass is 374 g/mol. The standard InChI is InChI=1S/C14H14.C11H14O.CH2O/c1-2-5-9-13(10-6-3-1)14-11-7-4-8-12-14;1-7-5-8(2)11(10(4)12)9(3)6-7;1-2/h2-9,11-12H,1,10H2;5-6H,1-4H3;1H2/b5-2?,6-3-,13-9+;;. The molecule has 2 aromatic rings. The Kier molecular flexibility index (Phi) is 10.2. The SMILES string of the molecule is C1=CC/C=C\C/C(c2ccccc2)=C\1.C=O.CC(=O)c1c(C)cc(C)cc1C. The topological polar surface area (TPSA) is 34.1 Å². The molecule has 0 saturated heterocycles. The summed E-state index contributed by atoms with van der Waals surface area (Å²) in [6, 6.07) is 14.6. The van der Waals surface area contributed by atoms with Gasteiger partial charge in [0.05, 0.1) is 0 Å². The van der Waals surface area contributed by atoms with Crippen LogP contribution in [0.5, 0.6) is 0 Å². The molecule has 0 aliphatic heterocycles. The van der Waals surface area contributed by atoms with Crippen molar-refractivity contribution in [2.24, 2.45) is 0 Å². The van der Waals surface area contributed by atoms with E-state index in [9.17, 15) is 4.79 Å². The highest BCUT2D eigenvalue weighted by Crippen LogP contribution is 2.20. The number of allylic oxidation sites excluding steroid dienone is 6. The minimum atomic E-state index is 0.157. The van der Waals surface area contributed by atoms with E-state index in [1.807, 2.05) is 39.7 Å². The van der Waals surface area contributed by atoms with Crippen LogP contribution in [0.25, 0.3) is 5.57 Å². The number of carbonyl (C=O) groups excluding carboxylic acids is 2. The minimum Gasteiger partial charge on any atom is -0.307 e. The Morgan fingerprint density at radius 2 is 1.50 bits per heavy atom. The van der Waals surface area contributed by atoms with E-state index in [-0.39, 0.29) is 5.78 Å². The molecule has 0 bridgehead atoms. The highest BCUT2D eigenvalue weighted by molar-refractivity contribution is 5.97. The summed E-state index contributed by atoms with van der Waals surface area (Å²) >= 11 is 0. The maximum absolute atomic E-state index is 11.2. The first kappa shape index (κ1) is 23.0. The number of benzene rings is 2. The molecule has 0 fully saturated rings. The van der Waals surface area contributed by atoms with Gasteiger partial charge in [-0.1, -0.05) is 78.4 Å². The smallest absolute Gasteiger partial charge is 0.160 e. The van der Waals surface area contributed by atoms with Crippen LogP contribution in [-0.2, 0) is 4.79 Å². The zero-order chi connectivity index (χ0) is 20.9. The van der Waals surface area contributed by atoms with Gasteiger partial charge in [-0.25, -0.2) is 0 Å². The van der Waals surface area contributed by atoms with E-state index in [0.717, 1.165) is 29.5 Å². The Morgan fingerprint density at radius 1 is 0.893 bits per heavy atom. The molecule has 0 amide bonds. The second kappa shape index (κ2) is 12.4. The second-order valence-corrected chi connectivity index (χ2v) is 6.73. The molecule has 0 unspecified atom stereocenters. The van der Waals surface area contributed by atoms with Gasteiger partial charge in [0, 0.05) is 5.56 Å². The van der Waals surface area contributed by atoms with Gasteiger partial charge in [-0.2, -0.15) is 0 Å². The van der Waals surface area contributed by atoms with Crippen LogP contribution in [0.4, 0.5) is 0 Å². The third-order valence-corrected chi connectivity index (χ3v) is 4.38. The maximum atomic E-state index is 11.2. The van der Waals surface area contributed by atoms with Crippen molar-refractivity contribution in [2.45, 2.75) is 40.5 Å². The molecular weight excluding hydrogens is 344 g/mol. The minimum absolute atomic E-state index is 0.157. The summed E-state index contributed by atoms with van der Waals surface area (Å²) < 4.78 is 0. The number of Topliss-reactive ketones (excluding diaryl/α,β-unsaturated/α-hetero) is 1. The average Bonchev–Trinajstić information content (AvgIpc) is 2.63. The van der Waals surface area contributed by atoms with E-state index in [2.05, 4.69) is 60.7 Å². The molecule has 1 aliphatic rings. The van der Waals surface area contributed by atoms with Crippen molar-refractivity contribution < 1.29 is 9.59 Å². The molecule has 3 rings (SSSR count). The second-order valence-electron chi connectivity index (χ2n) is 6.73. The summed E-state index contributed by atoms with van der Waals surface area (Å²) in [6.45, 7) is 9.63. The van der Waals surface area contributed by atoms with Crippen LogP contribution in [0.3, 0.4) is 0 Å². The summed E-state index contributed by atoms with van der Waals surface area (Å²) in [5.41, 5.74) is 6.97. The van der Waals surface area contributed by atoms with Gasteiger partial charge < -0.3 is 4.79 Å². The van der Waals surface area contributed by atoms with E-state index in [0.29, 0.717) is 0 Å². The largest absolute Gasteiger partial charge is 0.307 e. The van der Waals surface area contributed by atoms with Gasteiger partial charge in [0.2, 0.25) is 0 Å². The van der Waals surface area contributed by atoms with E-state index in [4.69, 9.17) is 4.79 Å². The van der Waals surface area contributed by atoms with Gasteiger partial charge in [0.1, 0.15) is 6.79 Å². The number of carbonyl (C=O) groups is 2. The number of aryl methyl sites for hydroxylation is 3. The molecule has 0 N–H and O–H groups in total. The summed E-state index contributed by atoms with van der Waals surface area (Å²) in [4.78, 5) is 19.2. The highest BCUT2D eigenvalue weighted by Gasteiger charge is 2.07. The predicted molar refractivity (Wildman–Crippen MR) is 120 cm³/mol. The number of hydrogen-bond donors (Lipinski definition) is 0. The quantitative estimate of drug-likeness (QED) is 0.438. The number of hydrogen-bond acceptors (Lipinski definition) is 2. The molecule has 2 heteroatoms.